The third kappa shape index (κ3) is 7.90. The van der Waals surface area contributed by atoms with E-state index in [1.807, 2.05) is 0 Å². The standard InChI is InChI=1S/C27H33F2N9O5/c1-16-21(38(35-30-16)19-8-6-18(7-9-19)24(28)29)15-42-23-11-10-22(32-33-23)36-12-13-37(26(41)43-27(3,4)5)20(14-36)25(40)34-31-17(2)39/h6-11,20,24H,12-15H2,1-5H3,(H,31,39)(H,34,40)/t20-/m0/s1. The van der Waals surface area contributed by atoms with E-state index in [1.165, 1.54) is 40.8 Å². The first-order valence-corrected chi connectivity index (χ1v) is 13.4. The molecule has 1 aromatic carbocycles. The minimum atomic E-state index is -2.57. The van der Waals surface area contributed by atoms with Gasteiger partial charge >= 0.3 is 6.09 Å². The Kier molecular flexibility index (Phi) is 9.36. The highest BCUT2D eigenvalue weighted by molar-refractivity contribution is 5.88. The molecular formula is C27H33F2N9O5. The van der Waals surface area contributed by atoms with Crippen molar-refractivity contribution in [2.45, 2.75) is 59.3 Å². The zero-order chi connectivity index (χ0) is 31.3. The number of aromatic nitrogens is 5. The summed E-state index contributed by atoms with van der Waals surface area (Å²) >= 11 is 0. The molecule has 0 bridgehead atoms. The van der Waals surface area contributed by atoms with Gasteiger partial charge < -0.3 is 14.4 Å². The van der Waals surface area contributed by atoms with Crippen LogP contribution in [-0.4, -0.2) is 79.3 Å². The number of hydrazine groups is 1. The summed E-state index contributed by atoms with van der Waals surface area (Å²) in [5.74, 6) is -0.417. The van der Waals surface area contributed by atoms with Crippen molar-refractivity contribution in [1.29, 1.82) is 0 Å². The second-order valence-electron chi connectivity index (χ2n) is 10.8. The number of alkyl halides is 2. The fraction of sp³-hybridized carbons (Fsp3) is 0.444. The van der Waals surface area contributed by atoms with Crippen LogP contribution in [0.3, 0.4) is 0 Å². The van der Waals surface area contributed by atoms with E-state index in [2.05, 4.69) is 31.4 Å². The van der Waals surface area contributed by atoms with Crippen molar-refractivity contribution in [3.8, 4) is 11.6 Å². The summed E-state index contributed by atoms with van der Waals surface area (Å²) in [6.07, 6.45) is -3.23. The number of carbonyl (C=O) groups is 3. The van der Waals surface area contributed by atoms with Crippen molar-refractivity contribution in [2.24, 2.45) is 0 Å². The molecule has 16 heteroatoms. The van der Waals surface area contributed by atoms with Gasteiger partial charge in [0.2, 0.25) is 11.8 Å². The number of amides is 3. The van der Waals surface area contributed by atoms with Gasteiger partial charge in [0, 0.05) is 38.2 Å². The summed E-state index contributed by atoms with van der Waals surface area (Å²) in [5, 5.41) is 16.5. The SMILES string of the molecule is CC(=O)NNC(=O)[C@@H]1CN(c2ccc(OCc3c(C)nnn3-c3ccc(C(F)F)cc3)nn2)CCN1C(=O)OC(C)(C)C. The predicted molar refractivity (Wildman–Crippen MR) is 148 cm³/mol. The number of ether oxygens (including phenoxy) is 2. The molecule has 0 aliphatic carbocycles. The van der Waals surface area contributed by atoms with Crippen molar-refractivity contribution >= 4 is 23.7 Å². The molecule has 14 nitrogen and oxygen atoms in total. The maximum absolute atomic E-state index is 12.9. The van der Waals surface area contributed by atoms with Crippen LogP contribution in [0.25, 0.3) is 5.69 Å². The average Bonchev–Trinajstić information content (AvgIpc) is 3.33. The molecule has 1 atom stereocenters. The van der Waals surface area contributed by atoms with Crippen LogP contribution in [0.2, 0.25) is 0 Å². The summed E-state index contributed by atoms with van der Waals surface area (Å²) in [4.78, 5) is 40.2. The van der Waals surface area contributed by atoms with Gasteiger partial charge in [0.1, 0.15) is 23.9 Å². The Morgan fingerprint density at radius 1 is 1.02 bits per heavy atom. The Balaban J connectivity index is 1.44. The topological polar surface area (TPSA) is 157 Å². The smallest absolute Gasteiger partial charge is 0.411 e. The quantitative estimate of drug-likeness (QED) is 0.386. The number of anilines is 1. The van der Waals surface area contributed by atoms with Crippen LogP contribution < -0.4 is 20.5 Å². The van der Waals surface area contributed by atoms with E-state index < -0.39 is 36.0 Å². The Morgan fingerprint density at radius 3 is 2.35 bits per heavy atom. The number of aryl methyl sites for hydroxylation is 1. The summed E-state index contributed by atoms with van der Waals surface area (Å²) < 4.78 is 38.7. The maximum Gasteiger partial charge on any atom is 0.411 e. The van der Waals surface area contributed by atoms with Crippen LogP contribution in [0, 0.1) is 6.92 Å². The number of piperazine rings is 1. The first kappa shape index (κ1) is 31.1. The average molecular weight is 602 g/mol. The molecule has 0 unspecified atom stereocenters. The number of halogens is 2. The summed E-state index contributed by atoms with van der Waals surface area (Å²) in [6.45, 7) is 8.77. The van der Waals surface area contributed by atoms with E-state index in [-0.39, 0.29) is 31.1 Å². The lowest BCUT2D eigenvalue weighted by Crippen LogP contribution is -2.63. The third-order valence-corrected chi connectivity index (χ3v) is 6.33. The van der Waals surface area contributed by atoms with Gasteiger partial charge in [-0.05, 0) is 45.9 Å². The molecule has 1 saturated heterocycles. The summed E-state index contributed by atoms with van der Waals surface area (Å²) in [5.41, 5.74) is 5.44. The van der Waals surface area contributed by atoms with Crippen LogP contribution in [0.5, 0.6) is 5.88 Å². The van der Waals surface area contributed by atoms with E-state index >= 15 is 0 Å². The number of benzene rings is 1. The van der Waals surface area contributed by atoms with Gasteiger partial charge in [-0.25, -0.2) is 18.3 Å². The van der Waals surface area contributed by atoms with Crippen molar-refractivity contribution in [2.75, 3.05) is 24.5 Å². The molecule has 1 aliphatic rings. The van der Waals surface area contributed by atoms with E-state index in [0.717, 1.165) is 0 Å². The van der Waals surface area contributed by atoms with Gasteiger partial charge in [-0.1, -0.05) is 17.3 Å². The van der Waals surface area contributed by atoms with Gasteiger partial charge in [-0.15, -0.1) is 15.3 Å². The number of nitrogens with one attached hydrogen (secondary N) is 2. The lowest BCUT2D eigenvalue weighted by Gasteiger charge is -2.41. The van der Waals surface area contributed by atoms with Crippen molar-refractivity contribution in [1.82, 2.24) is 40.9 Å². The zero-order valence-corrected chi connectivity index (χ0v) is 24.4. The number of nitrogens with zero attached hydrogens (tertiary/aromatic N) is 7. The monoisotopic (exact) mass is 601 g/mol. The van der Waals surface area contributed by atoms with Crippen LogP contribution in [-0.2, 0) is 20.9 Å². The van der Waals surface area contributed by atoms with Crippen LogP contribution in [0.1, 0.15) is 51.1 Å². The molecule has 1 aliphatic heterocycles. The van der Waals surface area contributed by atoms with E-state index in [9.17, 15) is 23.2 Å². The van der Waals surface area contributed by atoms with Gasteiger partial charge in [0.05, 0.1) is 11.4 Å². The van der Waals surface area contributed by atoms with Crippen LogP contribution in [0.4, 0.5) is 19.4 Å². The molecule has 4 rings (SSSR count). The lowest BCUT2D eigenvalue weighted by atomic mass is 10.1. The first-order chi connectivity index (χ1) is 20.3. The molecule has 1 fully saturated rings. The highest BCUT2D eigenvalue weighted by Gasteiger charge is 2.38. The minimum absolute atomic E-state index is 0.0312. The van der Waals surface area contributed by atoms with Crippen molar-refractivity contribution in [3.63, 3.8) is 0 Å². The van der Waals surface area contributed by atoms with E-state index in [0.29, 0.717) is 29.4 Å². The molecule has 0 spiro atoms. The lowest BCUT2D eigenvalue weighted by molar-refractivity contribution is -0.131. The Bertz CT molecular complexity index is 1440. The fourth-order valence-electron chi connectivity index (χ4n) is 4.20. The third-order valence-electron chi connectivity index (χ3n) is 6.33. The van der Waals surface area contributed by atoms with Crippen molar-refractivity contribution in [3.05, 3.63) is 53.3 Å². The molecule has 2 N–H and O–H groups in total. The maximum atomic E-state index is 12.9. The summed E-state index contributed by atoms with van der Waals surface area (Å²) in [7, 11) is 0. The normalized spacial score (nSPS) is 15.3. The number of hydrogen-bond donors (Lipinski definition) is 2. The summed E-state index contributed by atoms with van der Waals surface area (Å²) in [6, 6.07) is 7.99. The second kappa shape index (κ2) is 13.0. The Morgan fingerprint density at radius 2 is 1.74 bits per heavy atom. The van der Waals surface area contributed by atoms with Crippen LogP contribution in [0.15, 0.2) is 36.4 Å². The molecule has 230 valence electrons. The van der Waals surface area contributed by atoms with E-state index in [1.54, 1.807) is 44.7 Å². The number of hydrogen-bond acceptors (Lipinski definition) is 10. The molecule has 3 amide bonds. The molecule has 3 heterocycles. The molecule has 2 aromatic heterocycles. The Labute approximate surface area is 246 Å². The van der Waals surface area contributed by atoms with Gasteiger partial charge in [-0.2, -0.15) is 0 Å². The molecule has 3 aromatic rings. The predicted octanol–water partition coefficient (Wildman–Crippen LogP) is 2.48. The fourth-order valence-corrected chi connectivity index (χ4v) is 4.20. The highest BCUT2D eigenvalue weighted by atomic mass is 19.3. The van der Waals surface area contributed by atoms with Gasteiger partial charge in [-0.3, -0.25) is 25.3 Å². The highest BCUT2D eigenvalue weighted by Crippen LogP contribution is 2.23. The number of rotatable bonds is 7. The van der Waals surface area contributed by atoms with E-state index in [4.69, 9.17) is 9.47 Å². The minimum Gasteiger partial charge on any atom is -0.470 e. The first-order valence-electron chi connectivity index (χ1n) is 13.4. The Hall–Kier alpha value is -4.89. The number of carbonyl (C=O) groups excluding carboxylic acids is 3. The zero-order valence-electron chi connectivity index (χ0n) is 24.4. The largest absolute Gasteiger partial charge is 0.470 e. The molecule has 0 radical (unpaired) electrons. The van der Waals surface area contributed by atoms with Gasteiger partial charge in [0.25, 0.3) is 12.3 Å². The van der Waals surface area contributed by atoms with Gasteiger partial charge in [0.15, 0.2) is 5.82 Å². The van der Waals surface area contributed by atoms with Crippen molar-refractivity contribution < 1.29 is 32.6 Å². The molecular weight excluding hydrogens is 568 g/mol. The molecule has 43 heavy (non-hydrogen) atoms. The van der Waals surface area contributed by atoms with Crippen LogP contribution >= 0.6 is 0 Å². The molecule has 0 saturated carbocycles. The second-order valence-corrected chi connectivity index (χ2v) is 10.8.